The summed E-state index contributed by atoms with van der Waals surface area (Å²) in [7, 11) is -4.22. The molecule has 2 amide bonds. The van der Waals surface area contributed by atoms with Crippen LogP contribution in [0.15, 0.2) is 108 Å². The molecule has 0 aromatic heterocycles. The molecule has 45 heavy (non-hydrogen) atoms. The van der Waals surface area contributed by atoms with Gasteiger partial charge in [0, 0.05) is 29.1 Å². The molecule has 0 unspecified atom stereocenters. The lowest BCUT2D eigenvalue weighted by Crippen LogP contribution is -2.54. The fourth-order valence-electron chi connectivity index (χ4n) is 4.87. The lowest BCUT2D eigenvalue weighted by Gasteiger charge is -2.34. The lowest BCUT2D eigenvalue weighted by atomic mass is 10.0. The van der Waals surface area contributed by atoms with E-state index in [4.69, 9.17) is 23.2 Å². The van der Waals surface area contributed by atoms with Crippen LogP contribution in [0.3, 0.4) is 0 Å². The summed E-state index contributed by atoms with van der Waals surface area (Å²) < 4.78 is 29.3. The Morgan fingerprint density at radius 3 is 2.13 bits per heavy atom. The third-order valence-electron chi connectivity index (χ3n) is 7.48. The van der Waals surface area contributed by atoms with Gasteiger partial charge in [-0.15, -0.1) is 0 Å². The number of nitrogens with one attached hydrogen (secondary N) is 1. The Morgan fingerprint density at radius 1 is 0.822 bits per heavy atom. The maximum atomic E-state index is 14.5. The Hall–Kier alpha value is -3.85. The fraction of sp³-hybridized carbons (Fsp3) is 0.257. The summed E-state index contributed by atoms with van der Waals surface area (Å²) in [4.78, 5) is 29.8. The van der Waals surface area contributed by atoms with E-state index in [1.807, 2.05) is 63.2 Å². The minimum Gasteiger partial charge on any atom is -0.352 e. The van der Waals surface area contributed by atoms with Crippen molar-refractivity contribution >= 4 is 50.7 Å². The third-order valence-corrected chi connectivity index (χ3v) is 9.76. The molecule has 0 saturated heterocycles. The molecule has 0 aliphatic rings. The Morgan fingerprint density at radius 2 is 1.49 bits per heavy atom. The van der Waals surface area contributed by atoms with Gasteiger partial charge in [-0.2, -0.15) is 0 Å². The molecule has 0 fully saturated rings. The zero-order valence-corrected chi connectivity index (χ0v) is 27.8. The van der Waals surface area contributed by atoms with Crippen molar-refractivity contribution in [3.63, 3.8) is 0 Å². The van der Waals surface area contributed by atoms with Crippen LogP contribution in [0.1, 0.15) is 37.0 Å². The van der Waals surface area contributed by atoms with Crippen molar-refractivity contribution < 1.29 is 18.0 Å². The van der Waals surface area contributed by atoms with Gasteiger partial charge in [-0.25, -0.2) is 8.42 Å². The first kappa shape index (κ1) is 34.0. The van der Waals surface area contributed by atoms with Gasteiger partial charge in [-0.3, -0.25) is 13.9 Å². The first-order valence-corrected chi connectivity index (χ1v) is 16.9. The minimum absolute atomic E-state index is 0.0158. The molecule has 0 saturated carbocycles. The molecule has 4 aromatic rings. The van der Waals surface area contributed by atoms with Crippen LogP contribution in [-0.2, 0) is 32.6 Å². The highest BCUT2D eigenvalue weighted by Gasteiger charge is 2.35. The summed E-state index contributed by atoms with van der Waals surface area (Å²) in [5.41, 5.74) is 2.70. The van der Waals surface area contributed by atoms with Crippen molar-refractivity contribution in [2.75, 3.05) is 10.8 Å². The molecule has 0 radical (unpaired) electrons. The van der Waals surface area contributed by atoms with E-state index in [-0.39, 0.29) is 29.8 Å². The molecule has 0 heterocycles. The van der Waals surface area contributed by atoms with Gasteiger partial charge in [-0.1, -0.05) is 84.7 Å². The monoisotopic (exact) mass is 665 g/mol. The average Bonchev–Trinajstić information content (AvgIpc) is 3.02. The van der Waals surface area contributed by atoms with Crippen LogP contribution in [0.2, 0.25) is 10.0 Å². The largest absolute Gasteiger partial charge is 0.352 e. The number of amides is 2. The minimum atomic E-state index is -4.22. The Balaban J connectivity index is 1.81. The van der Waals surface area contributed by atoms with Crippen LogP contribution in [0.5, 0.6) is 0 Å². The van der Waals surface area contributed by atoms with E-state index in [0.29, 0.717) is 27.7 Å². The molecule has 4 rings (SSSR count). The van der Waals surface area contributed by atoms with Crippen molar-refractivity contribution in [3.8, 4) is 0 Å². The number of nitrogens with zero attached hydrogens (tertiary/aromatic N) is 2. The van der Waals surface area contributed by atoms with Crippen LogP contribution in [0.4, 0.5) is 5.69 Å². The second-order valence-corrected chi connectivity index (χ2v) is 13.7. The summed E-state index contributed by atoms with van der Waals surface area (Å²) in [6.45, 7) is 5.20. The standard InChI is InChI=1S/C35H37Cl2N3O4S/c1-4-26(3)38-35(42)33(22-27-11-6-5-7-12-27)39(23-28-13-9-14-30(37)21-28)34(41)24-40(31-15-8-10-25(2)20-31)45(43,44)32-18-16-29(36)17-19-32/h5-21,26,33H,4,22-24H2,1-3H3,(H,38,42)/t26-,33+/m0/s1. The molecule has 0 bridgehead atoms. The molecule has 0 aliphatic heterocycles. The summed E-state index contributed by atoms with van der Waals surface area (Å²) in [6, 6.07) is 28.2. The highest BCUT2D eigenvalue weighted by molar-refractivity contribution is 7.92. The Bertz CT molecular complexity index is 1720. The summed E-state index contributed by atoms with van der Waals surface area (Å²) >= 11 is 12.4. The number of benzene rings is 4. The van der Waals surface area contributed by atoms with Crippen molar-refractivity contribution in [1.29, 1.82) is 0 Å². The average molecular weight is 667 g/mol. The SMILES string of the molecule is CC[C@H](C)NC(=O)[C@@H](Cc1ccccc1)N(Cc1cccc(Cl)c1)C(=O)CN(c1cccc(C)c1)S(=O)(=O)c1ccc(Cl)cc1. The molecule has 7 nitrogen and oxygen atoms in total. The topological polar surface area (TPSA) is 86.8 Å². The number of halogens is 2. The molecule has 236 valence electrons. The van der Waals surface area contributed by atoms with E-state index >= 15 is 0 Å². The van der Waals surface area contributed by atoms with Crippen LogP contribution in [-0.4, -0.2) is 43.8 Å². The van der Waals surface area contributed by atoms with Gasteiger partial charge in [0.05, 0.1) is 10.6 Å². The second kappa shape index (κ2) is 15.4. The normalized spacial score (nSPS) is 12.6. The summed E-state index contributed by atoms with van der Waals surface area (Å²) in [5, 5.41) is 3.90. The smallest absolute Gasteiger partial charge is 0.264 e. The summed E-state index contributed by atoms with van der Waals surface area (Å²) in [6.07, 6.45) is 0.927. The van der Waals surface area contributed by atoms with E-state index in [1.165, 1.54) is 29.2 Å². The zero-order valence-electron chi connectivity index (χ0n) is 25.5. The lowest BCUT2D eigenvalue weighted by molar-refractivity contribution is -0.140. The Labute approximate surface area is 275 Å². The number of carbonyl (C=O) groups is 2. The highest BCUT2D eigenvalue weighted by Crippen LogP contribution is 2.27. The number of sulfonamides is 1. The van der Waals surface area contributed by atoms with E-state index < -0.39 is 28.5 Å². The maximum absolute atomic E-state index is 14.5. The van der Waals surface area contributed by atoms with Gasteiger partial charge < -0.3 is 10.2 Å². The van der Waals surface area contributed by atoms with Crippen molar-refractivity contribution in [2.45, 2.75) is 57.1 Å². The van der Waals surface area contributed by atoms with Gasteiger partial charge in [0.2, 0.25) is 11.8 Å². The van der Waals surface area contributed by atoms with E-state index in [1.54, 1.807) is 36.4 Å². The number of hydrogen-bond acceptors (Lipinski definition) is 4. The molecular formula is C35H37Cl2N3O4S. The van der Waals surface area contributed by atoms with Gasteiger partial charge in [-0.05, 0) is 85.5 Å². The quantitative estimate of drug-likeness (QED) is 0.166. The number of anilines is 1. The first-order valence-electron chi connectivity index (χ1n) is 14.7. The summed E-state index contributed by atoms with van der Waals surface area (Å²) in [5.74, 6) is -0.875. The third kappa shape index (κ3) is 9.10. The number of aryl methyl sites for hydroxylation is 1. The molecule has 0 spiro atoms. The van der Waals surface area contributed by atoms with E-state index in [2.05, 4.69) is 5.32 Å². The van der Waals surface area contributed by atoms with Crippen molar-refractivity contribution in [2.24, 2.45) is 0 Å². The van der Waals surface area contributed by atoms with Gasteiger partial charge in [0.15, 0.2) is 0 Å². The van der Waals surface area contributed by atoms with Crippen LogP contribution in [0.25, 0.3) is 0 Å². The van der Waals surface area contributed by atoms with E-state index in [0.717, 1.165) is 15.4 Å². The highest BCUT2D eigenvalue weighted by atomic mass is 35.5. The molecular weight excluding hydrogens is 629 g/mol. The predicted octanol–water partition coefficient (Wildman–Crippen LogP) is 7.05. The zero-order chi connectivity index (χ0) is 32.6. The van der Waals surface area contributed by atoms with Gasteiger partial charge in [0.1, 0.15) is 12.6 Å². The van der Waals surface area contributed by atoms with Crippen molar-refractivity contribution in [1.82, 2.24) is 10.2 Å². The fourth-order valence-corrected chi connectivity index (χ4v) is 6.62. The van der Waals surface area contributed by atoms with Crippen LogP contribution in [0, 0.1) is 6.92 Å². The van der Waals surface area contributed by atoms with Gasteiger partial charge in [0.25, 0.3) is 10.0 Å². The number of rotatable bonds is 13. The Kier molecular flexibility index (Phi) is 11.7. The number of hydrogen-bond donors (Lipinski definition) is 1. The maximum Gasteiger partial charge on any atom is 0.264 e. The predicted molar refractivity (Wildman–Crippen MR) is 181 cm³/mol. The van der Waals surface area contributed by atoms with Crippen LogP contribution < -0.4 is 9.62 Å². The number of carbonyl (C=O) groups excluding carboxylic acids is 2. The second-order valence-electron chi connectivity index (χ2n) is 11.0. The molecule has 10 heteroatoms. The molecule has 1 N–H and O–H groups in total. The van der Waals surface area contributed by atoms with Crippen molar-refractivity contribution in [3.05, 3.63) is 130 Å². The first-order chi connectivity index (χ1) is 21.5. The van der Waals surface area contributed by atoms with Crippen LogP contribution >= 0.6 is 23.2 Å². The molecule has 2 atom stereocenters. The van der Waals surface area contributed by atoms with E-state index in [9.17, 15) is 18.0 Å². The molecule has 4 aromatic carbocycles. The molecule has 0 aliphatic carbocycles. The van der Waals surface area contributed by atoms with Gasteiger partial charge >= 0.3 is 0 Å².